The van der Waals surface area contributed by atoms with Crippen LogP contribution in [0.25, 0.3) is 22.4 Å². The molecule has 1 aliphatic rings. The maximum atomic E-state index is 5.94. The highest BCUT2D eigenvalue weighted by Crippen LogP contribution is 2.28. The Morgan fingerprint density at radius 3 is 2.48 bits per heavy atom. The van der Waals surface area contributed by atoms with E-state index in [2.05, 4.69) is 63.0 Å². The third kappa shape index (κ3) is 4.25. The van der Waals surface area contributed by atoms with Gasteiger partial charge in [-0.3, -0.25) is 4.57 Å². The molecule has 5 rings (SSSR count). The van der Waals surface area contributed by atoms with Crippen LogP contribution in [-0.2, 0) is 0 Å². The van der Waals surface area contributed by atoms with Gasteiger partial charge >= 0.3 is 0 Å². The zero-order chi connectivity index (χ0) is 22.9. The first-order valence-corrected chi connectivity index (χ1v) is 11.1. The van der Waals surface area contributed by atoms with Gasteiger partial charge < -0.3 is 20.9 Å². The number of nitrogens with one attached hydrogen (secondary N) is 1. The van der Waals surface area contributed by atoms with Crippen LogP contribution in [-0.4, -0.2) is 57.6 Å². The summed E-state index contributed by atoms with van der Waals surface area (Å²) in [4.78, 5) is 18.6. The Morgan fingerprint density at radius 1 is 1.03 bits per heavy atom. The molecule has 1 aliphatic heterocycles. The number of anilines is 4. The summed E-state index contributed by atoms with van der Waals surface area (Å²) in [6, 6.07) is 16.0. The van der Waals surface area contributed by atoms with E-state index in [0.717, 1.165) is 54.2 Å². The van der Waals surface area contributed by atoms with Crippen molar-refractivity contribution in [1.82, 2.24) is 24.4 Å². The highest BCUT2D eigenvalue weighted by molar-refractivity contribution is 5.84. The Morgan fingerprint density at radius 2 is 1.79 bits per heavy atom. The number of allylic oxidation sites excluding steroid dienone is 1. The van der Waals surface area contributed by atoms with Gasteiger partial charge in [0.1, 0.15) is 11.6 Å². The minimum Gasteiger partial charge on any atom is -0.384 e. The van der Waals surface area contributed by atoms with E-state index in [1.807, 2.05) is 35.9 Å². The van der Waals surface area contributed by atoms with E-state index < -0.39 is 0 Å². The Balaban J connectivity index is 1.45. The van der Waals surface area contributed by atoms with E-state index in [0.29, 0.717) is 17.6 Å². The number of rotatable bonds is 5. The van der Waals surface area contributed by atoms with Crippen LogP contribution in [0.15, 0.2) is 61.3 Å². The van der Waals surface area contributed by atoms with E-state index in [1.54, 1.807) is 6.07 Å². The van der Waals surface area contributed by atoms with Crippen molar-refractivity contribution in [3.8, 4) is 5.82 Å². The van der Waals surface area contributed by atoms with Crippen molar-refractivity contribution in [2.45, 2.75) is 6.92 Å². The first-order chi connectivity index (χ1) is 16.0. The van der Waals surface area contributed by atoms with Crippen molar-refractivity contribution in [2.75, 3.05) is 49.2 Å². The van der Waals surface area contributed by atoms with E-state index in [-0.39, 0.29) is 0 Å². The SMILES string of the molecule is C=C(C)c1cc2cnc(Nc3ccc(N4CCN(C)CC4)cc3)nc2n1-c1cccc(N)n1. The summed E-state index contributed by atoms with van der Waals surface area (Å²) in [5.41, 5.74) is 10.7. The zero-order valence-electron chi connectivity index (χ0n) is 19.0. The standard InChI is InChI=1S/C25H28N8/c1-17(2)21-15-18-16-27-25(30-24(18)33(21)23-6-4-5-22(26)29-23)28-19-7-9-20(10-8-19)32-13-11-31(3)12-14-32/h4-10,15-16H,1,11-14H2,2-3H3,(H2,26,29)(H,27,28,30). The Bertz CT molecular complexity index is 1300. The van der Waals surface area contributed by atoms with Gasteiger partial charge in [0.15, 0.2) is 5.65 Å². The molecule has 168 valence electrons. The monoisotopic (exact) mass is 440 g/mol. The van der Waals surface area contributed by atoms with Gasteiger partial charge in [0, 0.05) is 49.1 Å². The molecule has 0 amide bonds. The minimum absolute atomic E-state index is 0.454. The second-order valence-corrected chi connectivity index (χ2v) is 8.50. The topological polar surface area (TPSA) is 88.1 Å². The molecule has 3 N–H and O–H groups in total. The maximum Gasteiger partial charge on any atom is 0.229 e. The number of aromatic nitrogens is 4. The second kappa shape index (κ2) is 8.55. The number of nitrogens with zero attached hydrogens (tertiary/aromatic N) is 6. The average Bonchev–Trinajstić information content (AvgIpc) is 3.19. The normalized spacial score (nSPS) is 14.5. The fourth-order valence-electron chi connectivity index (χ4n) is 4.11. The van der Waals surface area contributed by atoms with Crippen molar-refractivity contribution in [3.63, 3.8) is 0 Å². The Kier molecular flexibility index (Phi) is 5.43. The lowest BCUT2D eigenvalue weighted by molar-refractivity contribution is 0.313. The number of pyridine rings is 1. The van der Waals surface area contributed by atoms with Crippen molar-refractivity contribution in [2.24, 2.45) is 0 Å². The molecule has 1 saturated heterocycles. The zero-order valence-corrected chi connectivity index (χ0v) is 19.0. The van der Waals surface area contributed by atoms with E-state index >= 15 is 0 Å². The lowest BCUT2D eigenvalue weighted by atomic mass is 10.2. The van der Waals surface area contributed by atoms with E-state index in [1.165, 1.54) is 5.69 Å². The number of benzene rings is 1. The Labute approximate surface area is 193 Å². The van der Waals surface area contributed by atoms with Gasteiger partial charge in [0.05, 0.1) is 5.69 Å². The molecule has 0 radical (unpaired) electrons. The minimum atomic E-state index is 0.454. The lowest BCUT2D eigenvalue weighted by Crippen LogP contribution is -2.44. The molecule has 1 aromatic carbocycles. The van der Waals surface area contributed by atoms with Crippen LogP contribution >= 0.6 is 0 Å². The number of fused-ring (bicyclic) bond motifs is 1. The molecule has 0 unspecified atom stereocenters. The highest BCUT2D eigenvalue weighted by Gasteiger charge is 2.16. The largest absolute Gasteiger partial charge is 0.384 e. The van der Waals surface area contributed by atoms with Gasteiger partial charge in [0.25, 0.3) is 0 Å². The average molecular weight is 441 g/mol. The number of hydrogen-bond acceptors (Lipinski definition) is 7. The van der Waals surface area contributed by atoms with Crippen molar-refractivity contribution in [1.29, 1.82) is 0 Å². The van der Waals surface area contributed by atoms with Gasteiger partial charge in [-0.15, -0.1) is 0 Å². The molecule has 0 spiro atoms. The molecule has 4 aromatic rings. The smallest absolute Gasteiger partial charge is 0.229 e. The number of hydrogen-bond donors (Lipinski definition) is 2. The van der Waals surface area contributed by atoms with E-state index in [4.69, 9.17) is 10.7 Å². The first-order valence-electron chi connectivity index (χ1n) is 11.1. The Hall–Kier alpha value is -3.91. The van der Waals surface area contributed by atoms with Crippen LogP contribution in [0, 0.1) is 0 Å². The predicted octanol–water partition coefficient (Wildman–Crippen LogP) is 3.93. The molecule has 8 nitrogen and oxygen atoms in total. The number of piperazine rings is 1. The second-order valence-electron chi connectivity index (χ2n) is 8.50. The molecule has 0 bridgehead atoms. The quantitative estimate of drug-likeness (QED) is 0.486. The molecule has 0 atom stereocenters. The molecular weight excluding hydrogens is 412 g/mol. The molecule has 4 heterocycles. The molecule has 0 saturated carbocycles. The van der Waals surface area contributed by atoms with Crippen LogP contribution in [0.1, 0.15) is 12.6 Å². The van der Waals surface area contributed by atoms with Gasteiger partial charge in [-0.25, -0.2) is 9.97 Å². The summed E-state index contributed by atoms with van der Waals surface area (Å²) in [5, 5.41) is 4.24. The summed E-state index contributed by atoms with van der Waals surface area (Å²) < 4.78 is 1.97. The van der Waals surface area contributed by atoms with Gasteiger partial charge in [-0.05, 0) is 62.0 Å². The lowest BCUT2D eigenvalue weighted by Gasteiger charge is -2.34. The van der Waals surface area contributed by atoms with Crippen molar-refractivity contribution < 1.29 is 0 Å². The number of likely N-dealkylation sites (N-methyl/N-ethyl adjacent to an activating group) is 1. The molecule has 33 heavy (non-hydrogen) atoms. The predicted molar refractivity (Wildman–Crippen MR) is 135 cm³/mol. The van der Waals surface area contributed by atoms with Crippen LogP contribution in [0.2, 0.25) is 0 Å². The summed E-state index contributed by atoms with van der Waals surface area (Å²) in [6.07, 6.45) is 1.82. The molecule has 3 aromatic heterocycles. The summed E-state index contributed by atoms with van der Waals surface area (Å²) >= 11 is 0. The number of nitrogen functional groups attached to an aromatic ring is 1. The summed E-state index contributed by atoms with van der Waals surface area (Å²) in [5.74, 6) is 1.67. The fourth-order valence-corrected chi connectivity index (χ4v) is 4.11. The van der Waals surface area contributed by atoms with Gasteiger partial charge in [0.2, 0.25) is 5.95 Å². The van der Waals surface area contributed by atoms with Crippen LogP contribution in [0.5, 0.6) is 0 Å². The first kappa shape index (κ1) is 21.0. The van der Waals surface area contributed by atoms with Gasteiger partial charge in [-0.2, -0.15) is 4.98 Å². The van der Waals surface area contributed by atoms with E-state index in [9.17, 15) is 0 Å². The molecule has 1 fully saturated rings. The highest BCUT2D eigenvalue weighted by atomic mass is 15.2. The third-order valence-electron chi connectivity index (χ3n) is 5.96. The van der Waals surface area contributed by atoms with Crippen LogP contribution in [0.3, 0.4) is 0 Å². The molecule has 0 aliphatic carbocycles. The number of nitrogens with two attached hydrogens (primary N) is 1. The van der Waals surface area contributed by atoms with Crippen LogP contribution in [0.4, 0.5) is 23.1 Å². The van der Waals surface area contributed by atoms with Crippen molar-refractivity contribution >= 4 is 39.7 Å². The maximum absolute atomic E-state index is 5.94. The van der Waals surface area contributed by atoms with Gasteiger partial charge in [-0.1, -0.05) is 12.6 Å². The molecule has 8 heteroatoms. The molecular formula is C25H28N8. The van der Waals surface area contributed by atoms with Crippen molar-refractivity contribution in [3.05, 3.63) is 67.0 Å². The summed E-state index contributed by atoms with van der Waals surface area (Å²) in [7, 11) is 2.17. The summed E-state index contributed by atoms with van der Waals surface area (Å²) in [6.45, 7) is 10.3. The fraction of sp³-hybridized carbons (Fsp3) is 0.240. The van der Waals surface area contributed by atoms with Crippen LogP contribution < -0.4 is 16.0 Å². The third-order valence-corrected chi connectivity index (χ3v) is 5.96.